The van der Waals surface area contributed by atoms with Crippen molar-refractivity contribution in [3.63, 3.8) is 0 Å². The highest BCUT2D eigenvalue weighted by Gasteiger charge is 2.17. The number of benzene rings is 3. The number of nitrogens with one attached hydrogen (secondary N) is 1. The van der Waals surface area contributed by atoms with Crippen LogP contribution in [-0.4, -0.2) is 19.1 Å². The van der Waals surface area contributed by atoms with Crippen molar-refractivity contribution in [2.24, 2.45) is 0 Å². The molecule has 0 aliphatic carbocycles. The minimum atomic E-state index is -0.653. The van der Waals surface area contributed by atoms with Gasteiger partial charge in [0.05, 0.1) is 7.11 Å². The largest absolute Gasteiger partial charge is 0.493 e. The molecule has 122 valence electrons. The van der Waals surface area contributed by atoms with Crippen molar-refractivity contribution in [3.8, 4) is 11.5 Å². The van der Waals surface area contributed by atoms with Crippen molar-refractivity contribution in [2.75, 3.05) is 12.4 Å². The van der Waals surface area contributed by atoms with Crippen LogP contribution in [-0.2, 0) is 4.79 Å². The highest BCUT2D eigenvalue weighted by atomic mass is 16.5. The van der Waals surface area contributed by atoms with E-state index in [0.29, 0.717) is 11.5 Å². The lowest BCUT2D eigenvalue weighted by atomic mass is 10.1. The van der Waals surface area contributed by atoms with Gasteiger partial charge in [0.25, 0.3) is 5.91 Å². The van der Waals surface area contributed by atoms with Crippen LogP contribution in [0.2, 0.25) is 0 Å². The van der Waals surface area contributed by atoms with Crippen LogP contribution in [0.25, 0.3) is 10.8 Å². The van der Waals surface area contributed by atoms with Crippen LogP contribution in [0.1, 0.15) is 6.92 Å². The minimum Gasteiger partial charge on any atom is -0.493 e. The van der Waals surface area contributed by atoms with Gasteiger partial charge < -0.3 is 14.8 Å². The molecule has 0 heterocycles. The van der Waals surface area contributed by atoms with Crippen LogP contribution in [0, 0.1) is 0 Å². The van der Waals surface area contributed by atoms with Crippen molar-refractivity contribution in [3.05, 3.63) is 66.7 Å². The van der Waals surface area contributed by atoms with E-state index in [-0.39, 0.29) is 5.91 Å². The summed E-state index contributed by atoms with van der Waals surface area (Å²) in [7, 11) is 1.57. The Kier molecular flexibility index (Phi) is 4.66. The second-order valence-electron chi connectivity index (χ2n) is 5.43. The van der Waals surface area contributed by atoms with Crippen LogP contribution in [0.15, 0.2) is 66.7 Å². The first kappa shape index (κ1) is 15.9. The summed E-state index contributed by atoms with van der Waals surface area (Å²) in [6.07, 6.45) is -0.653. The highest BCUT2D eigenvalue weighted by Crippen LogP contribution is 2.27. The van der Waals surface area contributed by atoms with E-state index in [0.717, 1.165) is 16.5 Å². The molecule has 0 saturated carbocycles. The quantitative estimate of drug-likeness (QED) is 0.764. The molecule has 0 aliphatic rings. The lowest BCUT2D eigenvalue weighted by Crippen LogP contribution is -2.30. The van der Waals surface area contributed by atoms with Gasteiger partial charge in [0.1, 0.15) is 0 Å². The van der Waals surface area contributed by atoms with E-state index in [4.69, 9.17) is 9.47 Å². The normalized spacial score (nSPS) is 11.8. The Hall–Kier alpha value is -3.01. The Bertz CT molecular complexity index is 855. The molecule has 0 radical (unpaired) electrons. The number of para-hydroxylation sites is 2. The summed E-state index contributed by atoms with van der Waals surface area (Å²) in [4.78, 5) is 12.5. The van der Waals surface area contributed by atoms with Gasteiger partial charge in [-0.2, -0.15) is 0 Å². The fourth-order valence-corrected chi connectivity index (χ4v) is 2.53. The lowest BCUT2D eigenvalue weighted by Gasteiger charge is -2.17. The molecule has 4 heteroatoms. The minimum absolute atomic E-state index is 0.211. The van der Waals surface area contributed by atoms with Crippen LogP contribution < -0.4 is 14.8 Å². The number of amides is 1. The van der Waals surface area contributed by atoms with Crippen molar-refractivity contribution in [1.29, 1.82) is 0 Å². The monoisotopic (exact) mass is 321 g/mol. The molecule has 24 heavy (non-hydrogen) atoms. The summed E-state index contributed by atoms with van der Waals surface area (Å²) in [5.74, 6) is 0.931. The molecule has 0 aliphatic heterocycles. The van der Waals surface area contributed by atoms with E-state index < -0.39 is 6.10 Å². The molecule has 3 aromatic rings. The molecule has 1 atom stereocenters. The van der Waals surface area contributed by atoms with E-state index in [9.17, 15) is 4.79 Å². The summed E-state index contributed by atoms with van der Waals surface area (Å²) in [5.41, 5.74) is 0.772. The summed E-state index contributed by atoms with van der Waals surface area (Å²) in [5, 5.41) is 5.01. The fourth-order valence-electron chi connectivity index (χ4n) is 2.53. The number of carbonyl (C=O) groups excluding carboxylic acids is 1. The third-order valence-electron chi connectivity index (χ3n) is 3.79. The topological polar surface area (TPSA) is 47.6 Å². The van der Waals surface area contributed by atoms with Crippen molar-refractivity contribution in [1.82, 2.24) is 0 Å². The number of hydrogen-bond donors (Lipinski definition) is 1. The number of hydrogen-bond acceptors (Lipinski definition) is 3. The van der Waals surface area contributed by atoms with Gasteiger partial charge in [0.15, 0.2) is 17.6 Å². The van der Waals surface area contributed by atoms with Gasteiger partial charge in [0.2, 0.25) is 0 Å². The average Bonchev–Trinajstić information content (AvgIpc) is 2.62. The first-order valence-corrected chi connectivity index (χ1v) is 7.77. The van der Waals surface area contributed by atoms with Gasteiger partial charge in [-0.15, -0.1) is 0 Å². The number of rotatable bonds is 5. The summed E-state index contributed by atoms with van der Waals surface area (Å²) >= 11 is 0. The molecule has 4 nitrogen and oxygen atoms in total. The highest BCUT2D eigenvalue weighted by molar-refractivity contribution is 6.03. The van der Waals surface area contributed by atoms with E-state index in [1.807, 2.05) is 54.6 Å². The molecule has 1 N–H and O–H groups in total. The molecular weight excluding hydrogens is 302 g/mol. The Morgan fingerprint density at radius 2 is 1.58 bits per heavy atom. The van der Waals surface area contributed by atoms with Crippen molar-refractivity contribution < 1.29 is 14.3 Å². The third-order valence-corrected chi connectivity index (χ3v) is 3.79. The van der Waals surface area contributed by atoms with E-state index in [1.165, 1.54) is 0 Å². The Labute approximate surface area is 141 Å². The fraction of sp³-hybridized carbons (Fsp3) is 0.150. The molecule has 0 saturated heterocycles. The van der Waals surface area contributed by atoms with E-state index in [1.54, 1.807) is 26.2 Å². The molecule has 0 unspecified atom stereocenters. The molecule has 3 rings (SSSR count). The summed E-state index contributed by atoms with van der Waals surface area (Å²) in [6, 6.07) is 21.0. The SMILES string of the molecule is COc1ccccc1O[C@@H](C)C(=O)Nc1cccc2ccccc12. The van der Waals surface area contributed by atoms with Crippen LogP contribution in [0.5, 0.6) is 11.5 Å². The van der Waals surface area contributed by atoms with Gasteiger partial charge >= 0.3 is 0 Å². The standard InChI is InChI=1S/C20H19NO3/c1-14(24-19-13-6-5-12-18(19)23-2)20(22)21-17-11-7-9-15-8-3-4-10-16(15)17/h3-14H,1-2H3,(H,21,22)/t14-/m0/s1. The van der Waals surface area contributed by atoms with Crippen LogP contribution in [0.4, 0.5) is 5.69 Å². The van der Waals surface area contributed by atoms with Crippen molar-refractivity contribution in [2.45, 2.75) is 13.0 Å². The second kappa shape index (κ2) is 7.04. The van der Waals surface area contributed by atoms with Crippen LogP contribution >= 0.6 is 0 Å². The number of ether oxygens (including phenoxy) is 2. The molecule has 1 amide bonds. The molecule has 0 fully saturated rings. The molecule has 3 aromatic carbocycles. The lowest BCUT2D eigenvalue weighted by molar-refractivity contribution is -0.122. The zero-order chi connectivity index (χ0) is 16.9. The summed E-state index contributed by atoms with van der Waals surface area (Å²) in [6.45, 7) is 1.72. The summed E-state index contributed by atoms with van der Waals surface area (Å²) < 4.78 is 11.0. The van der Waals surface area contributed by atoms with Gasteiger partial charge in [-0.1, -0.05) is 48.5 Å². The number of anilines is 1. The van der Waals surface area contributed by atoms with Gasteiger partial charge in [-0.05, 0) is 30.5 Å². The predicted molar refractivity (Wildman–Crippen MR) is 95.7 cm³/mol. The average molecular weight is 321 g/mol. The molecule has 0 bridgehead atoms. The maximum atomic E-state index is 12.5. The smallest absolute Gasteiger partial charge is 0.265 e. The van der Waals surface area contributed by atoms with Crippen molar-refractivity contribution >= 4 is 22.4 Å². The number of carbonyl (C=O) groups is 1. The van der Waals surface area contributed by atoms with Gasteiger partial charge in [-0.3, -0.25) is 4.79 Å². The number of methoxy groups -OCH3 is 1. The maximum absolute atomic E-state index is 12.5. The zero-order valence-electron chi connectivity index (χ0n) is 13.7. The third kappa shape index (κ3) is 3.33. The van der Waals surface area contributed by atoms with Gasteiger partial charge in [-0.25, -0.2) is 0 Å². The van der Waals surface area contributed by atoms with Crippen LogP contribution in [0.3, 0.4) is 0 Å². The maximum Gasteiger partial charge on any atom is 0.265 e. The van der Waals surface area contributed by atoms with E-state index >= 15 is 0 Å². The Morgan fingerprint density at radius 1 is 0.917 bits per heavy atom. The number of fused-ring (bicyclic) bond motifs is 1. The zero-order valence-corrected chi connectivity index (χ0v) is 13.7. The molecule has 0 spiro atoms. The van der Waals surface area contributed by atoms with Gasteiger partial charge in [0, 0.05) is 11.1 Å². The molecular formula is C20H19NO3. The first-order valence-electron chi connectivity index (χ1n) is 7.77. The molecule has 0 aromatic heterocycles. The Balaban J connectivity index is 1.76. The second-order valence-corrected chi connectivity index (χ2v) is 5.43. The predicted octanol–water partition coefficient (Wildman–Crippen LogP) is 4.25. The Morgan fingerprint density at radius 3 is 2.38 bits per heavy atom. The van der Waals surface area contributed by atoms with E-state index in [2.05, 4.69) is 5.32 Å². The first-order chi connectivity index (χ1) is 11.7.